The fourth-order valence-electron chi connectivity index (χ4n) is 3.38. The molecule has 7 heteroatoms. The predicted molar refractivity (Wildman–Crippen MR) is 88.7 cm³/mol. The van der Waals surface area contributed by atoms with Gasteiger partial charge in [0, 0.05) is 26.2 Å². The Kier molecular flexibility index (Phi) is 5.27. The zero-order valence-corrected chi connectivity index (χ0v) is 14.1. The zero-order chi connectivity index (χ0) is 16.9. The summed E-state index contributed by atoms with van der Waals surface area (Å²) in [7, 11) is 1.40. The number of ether oxygens (including phenoxy) is 1. The molecule has 0 atom stereocenters. The highest BCUT2D eigenvalue weighted by Gasteiger charge is 2.29. The second-order valence-corrected chi connectivity index (χ2v) is 6.41. The van der Waals surface area contributed by atoms with Crippen molar-refractivity contribution in [2.45, 2.75) is 32.1 Å². The van der Waals surface area contributed by atoms with Gasteiger partial charge in [-0.25, -0.2) is 0 Å². The van der Waals surface area contributed by atoms with Gasteiger partial charge in [0.05, 0.1) is 13.0 Å². The molecular formula is C17H24N4O3. The lowest BCUT2D eigenvalue weighted by molar-refractivity contribution is -0.146. The zero-order valence-electron chi connectivity index (χ0n) is 14.1. The molecule has 0 unspecified atom stereocenters. The van der Waals surface area contributed by atoms with Crippen LogP contribution >= 0.6 is 0 Å². The Bertz CT molecular complexity index is 576. The van der Waals surface area contributed by atoms with Gasteiger partial charge in [0.15, 0.2) is 11.5 Å². The lowest BCUT2D eigenvalue weighted by Gasteiger charge is -2.30. The average Bonchev–Trinajstić information content (AvgIpc) is 2.68. The number of amides is 1. The van der Waals surface area contributed by atoms with E-state index in [1.807, 2.05) is 6.07 Å². The number of likely N-dealkylation sites (tertiary alicyclic amines) is 1. The quantitative estimate of drug-likeness (QED) is 0.781. The molecule has 0 bridgehead atoms. The molecule has 1 aromatic heterocycles. The Morgan fingerprint density at radius 1 is 1.04 bits per heavy atom. The van der Waals surface area contributed by atoms with Crippen molar-refractivity contribution in [2.24, 2.45) is 5.92 Å². The van der Waals surface area contributed by atoms with Crippen LogP contribution < -0.4 is 4.90 Å². The second kappa shape index (κ2) is 7.59. The van der Waals surface area contributed by atoms with E-state index in [1.54, 1.807) is 11.0 Å². The number of aromatic nitrogens is 2. The maximum atomic E-state index is 12.5. The van der Waals surface area contributed by atoms with Crippen molar-refractivity contribution in [1.29, 1.82) is 0 Å². The molecule has 3 heterocycles. The third kappa shape index (κ3) is 3.66. The van der Waals surface area contributed by atoms with Crippen LogP contribution in [0.3, 0.4) is 0 Å². The smallest absolute Gasteiger partial charge is 0.308 e. The molecule has 0 saturated carbocycles. The topological polar surface area (TPSA) is 75.6 Å². The van der Waals surface area contributed by atoms with Gasteiger partial charge in [-0.05, 0) is 44.2 Å². The molecule has 0 N–H and O–H groups in total. The lowest BCUT2D eigenvalue weighted by Crippen LogP contribution is -2.41. The number of nitrogens with zero attached hydrogens (tertiary/aromatic N) is 4. The number of esters is 1. The number of methoxy groups -OCH3 is 1. The molecule has 1 amide bonds. The molecule has 24 heavy (non-hydrogen) atoms. The van der Waals surface area contributed by atoms with Crippen LogP contribution in [0.1, 0.15) is 42.6 Å². The van der Waals surface area contributed by atoms with Gasteiger partial charge in [-0.15, -0.1) is 10.2 Å². The van der Waals surface area contributed by atoms with Crippen LogP contribution in [0, 0.1) is 5.92 Å². The van der Waals surface area contributed by atoms with Gasteiger partial charge in [-0.2, -0.15) is 0 Å². The summed E-state index contributed by atoms with van der Waals surface area (Å²) in [6.07, 6.45) is 4.90. The van der Waals surface area contributed by atoms with Gasteiger partial charge in [0.1, 0.15) is 0 Å². The number of hydrogen-bond donors (Lipinski definition) is 0. The standard InChI is InChI=1S/C17H24N4O3/c1-24-17(23)13-7-11-21(12-8-13)16(22)14-5-6-15(19-18-14)20-9-3-2-4-10-20/h5-6,13H,2-4,7-12H2,1H3. The monoisotopic (exact) mass is 332 g/mol. The maximum Gasteiger partial charge on any atom is 0.308 e. The molecule has 7 nitrogen and oxygen atoms in total. The molecule has 0 aliphatic carbocycles. The highest BCUT2D eigenvalue weighted by molar-refractivity contribution is 5.92. The largest absolute Gasteiger partial charge is 0.469 e. The van der Waals surface area contributed by atoms with Crippen LogP contribution in [0.5, 0.6) is 0 Å². The summed E-state index contributed by atoms with van der Waals surface area (Å²) in [6, 6.07) is 3.64. The summed E-state index contributed by atoms with van der Waals surface area (Å²) in [5.74, 6) is 0.436. The molecule has 2 saturated heterocycles. The summed E-state index contributed by atoms with van der Waals surface area (Å²) in [4.78, 5) is 28.0. The van der Waals surface area contributed by atoms with Gasteiger partial charge < -0.3 is 14.5 Å². The third-order valence-corrected chi connectivity index (χ3v) is 4.87. The Morgan fingerprint density at radius 3 is 2.33 bits per heavy atom. The molecule has 2 aliphatic rings. The van der Waals surface area contributed by atoms with E-state index in [-0.39, 0.29) is 17.8 Å². The van der Waals surface area contributed by atoms with Crippen molar-refractivity contribution in [3.63, 3.8) is 0 Å². The summed E-state index contributed by atoms with van der Waals surface area (Å²) >= 11 is 0. The van der Waals surface area contributed by atoms with Crippen LogP contribution in [-0.2, 0) is 9.53 Å². The number of carbonyl (C=O) groups excluding carboxylic acids is 2. The van der Waals surface area contributed by atoms with E-state index in [0.29, 0.717) is 31.6 Å². The second-order valence-electron chi connectivity index (χ2n) is 6.41. The molecule has 130 valence electrons. The Balaban J connectivity index is 1.58. The number of anilines is 1. The molecule has 3 rings (SSSR count). The summed E-state index contributed by atoms with van der Waals surface area (Å²) in [6.45, 7) is 3.11. The van der Waals surface area contributed by atoms with Crippen molar-refractivity contribution >= 4 is 17.7 Å². The normalized spacial score (nSPS) is 19.2. The van der Waals surface area contributed by atoms with E-state index < -0.39 is 0 Å². The van der Waals surface area contributed by atoms with Crippen molar-refractivity contribution in [2.75, 3.05) is 38.2 Å². The van der Waals surface area contributed by atoms with Crippen LogP contribution in [0.4, 0.5) is 5.82 Å². The van der Waals surface area contributed by atoms with Crippen LogP contribution in [-0.4, -0.2) is 60.3 Å². The van der Waals surface area contributed by atoms with E-state index in [0.717, 1.165) is 18.9 Å². The first-order valence-electron chi connectivity index (χ1n) is 8.65. The third-order valence-electron chi connectivity index (χ3n) is 4.87. The number of hydrogen-bond acceptors (Lipinski definition) is 6. The molecule has 0 radical (unpaired) electrons. The molecule has 2 aliphatic heterocycles. The number of piperidine rings is 2. The van der Waals surface area contributed by atoms with E-state index in [4.69, 9.17) is 4.74 Å². The molecule has 0 spiro atoms. The minimum absolute atomic E-state index is 0.105. The van der Waals surface area contributed by atoms with Crippen LogP contribution in [0.15, 0.2) is 12.1 Å². The van der Waals surface area contributed by atoms with Gasteiger partial charge in [0.25, 0.3) is 5.91 Å². The first kappa shape index (κ1) is 16.7. The first-order chi connectivity index (χ1) is 11.7. The summed E-state index contributed by atoms with van der Waals surface area (Å²) < 4.78 is 4.77. The summed E-state index contributed by atoms with van der Waals surface area (Å²) in [5, 5.41) is 8.35. The Morgan fingerprint density at radius 2 is 1.75 bits per heavy atom. The fourth-order valence-corrected chi connectivity index (χ4v) is 3.38. The van der Waals surface area contributed by atoms with E-state index in [9.17, 15) is 9.59 Å². The molecular weight excluding hydrogens is 308 g/mol. The van der Waals surface area contributed by atoms with E-state index in [2.05, 4.69) is 15.1 Å². The van der Waals surface area contributed by atoms with Gasteiger partial charge >= 0.3 is 5.97 Å². The number of carbonyl (C=O) groups is 2. The SMILES string of the molecule is COC(=O)C1CCN(C(=O)c2ccc(N3CCCCC3)nn2)CC1. The van der Waals surface area contributed by atoms with Gasteiger partial charge in [0.2, 0.25) is 0 Å². The minimum atomic E-state index is -0.187. The molecule has 2 fully saturated rings. The Hall–Kier alpha value is -2.18. The number of rotatable bonds is 3. The minimum Gasteiger partial charge on any atom is -0.469 e. The highest BCUT2D eigenvalue weighted by atomic mass is 16.5. The molecule has 0 aromatic carbocycles. The van der Waals surface area contributed by atoms with Crippen molar-refractivity contribution < 1.29 is 14.3 Å². The van der Waals surface area contributed by atoms with Crippen molar-refractivity contribution in [1.82, 2.24) is 15.1 Å². The van der Waals surface area contributed by atoms with Gasteiger partial charge in [-0.1, -0.05) is 0 Å². The van der Waals surface area contributed by atoms with Crippen LogP contribution in [0.2, 0.25) is 0 Å². The fraction of sp³-hybridized carbons (Fsp3) is 0.647. The maximum absolute atomic E-state index is 12.5. The summed E-state index contributed by atoms with van der Waals surface area (Å²) in [5.41, 5.74) is 0.368. The van der Waals surface area contributed by atoms with E-state index in [1.165, 1.54) is 26.4 Å². The molecule has 1 aromatic rings. The highest BCUT2D eigenvalue weighted by Crippen LogP contribution is 2.21. The Labute approximate surface area is 142 Å². The van der Waals surface area contributed by atoms with E-state index >= 15 is 0 Å². The first-order valence-corrected chi connectivity index (χ1v) is 8.65. The van der Waals surface area contributed by atoms with Crippen molar-refractivity contribution in [3.8, 4) is 0 Å². The average molecular weight is 332 g/mol. The van der Waals surface area contributed by atoms with Crippen molar-refractivity contribution in [3.05, 3.63) is 17.8 Å². The lowest BCUT2D eigenvalue weighted by atomic mass is 9.97. The predicted octanol–water partition coefficient (Wildman–Crippen LogP) is 1.49. The van der Waals surface area contributed by atoms with Crippen LogP contribution in [0.25, 0.3) is 0 Å². The van der Waals surface area contributed by atoms with Gasteiger partial charge in [-0.3, -0.25) is 9.59 Å².